The lowest BCUT2D eigenvalue weighted by Crippen LogP contribution is -1.99. The van der Waals surface area contributed by atoms with Crippen LogP contribution in [0.5, 0.6) is 0 Å². The molecule has 0 saturated heterocycles. The van der Waals surface area contributed by atoms with Gasteiger partial charge in [-0.25, -0.2) is 0 Å². The average molecular weight is 983 g/mol. The molecule has 0 saturated carbocycles. The van der Waals surface area contributed by atoms with E-state index in [4.69, 9.17) is 47.1 Å². The van der Waals surface area contributed by atoms with Gasteiger partial charge < -0.3 is 22.1 Å². The van der Waals surface area contributed by atoms with Crippen LogP contribution in [0.4, 0.5) is 34.1 Å². The van der Waals surface area contributed by atoms with Crippen LogP contribution in [0.1, 0.15) is 35.6 Å². The van der Waals surface area contributed by atoms with Gasteiger partial charge in [-0.05, 0) is 56.3 Å². The number of alkyl halides is 2. The summed E-state index contributed by atoms with van der Waals surface area (Å²) in [4.78, 5) is 2.44. The molecule has 56 heavy (non-hydrogen) atoms. The van der Waals surface area contributed by atoms with Crippen LogP contribution in [0.15, 0.2) is 206 Å². The Morgan fingerprint density at radius 2 is 0.768 bits per heavy atom. The summed E-state index contributed by atoms with van der Waals surface area (Å²) in [7, 11) is 0. The predicted molar refractivity (Wildman–Crippen MR) is 263 cm³/mol. The van der Waals surface area contributed by atoms with Crippen LogP contribution in [-0.4, -0.2) is 9.84 Å². The number of hydrogen-bond donors (Lipinski definition) is 4. The van der Waals surface area contributed by atoms with Gasteiger partial charge in [0.15, 0.2) is 0 Å². The number of halogens is 2. The highest BCUT2D eigenvalue weighted by atomic mass is 127. The summed E-state index contributed by atoms with van der Waals surface area (Å²) < 4.78 is 211. The van der Waals surface area contributed by atoms with Gasteiger partial charge in [-0.3, -0.25) is 0 Å². The highest BCUT2D eigenvalue weighted by molar-refractivity contribution is 14.1. The van der Waals surface area contributed by atoms with E-state index in [0.717, 1.165) is 12.1 Å². The van der Waals surface area contributed by atoms with Crippen molar-refractivity contribution in [3.8, 4) is 44.5 Å². The van der Waals surface area contributed by atoms with E-state index in [2.05, 4.69) is 33.2 Å². The van der Waals surface area contributed by atoms with Crippen molar-refractivity contribution in [3.05, 3.63) is 206 Å². The summed E-state index contributed by atoms with van der Waals surface area (Å²) in [5, 5.41) is 5.86. The summed E-state index contributed by atoms with van der Waals surface area (Å²) >= 11 is 4.11. The van der Waals surface area contributed by atoms with Crippen molar-refractivity contribution in [3.63, 3.8) is 0 Å². The van der Waals surface area contributed by atoms with Gasteiger partial charge in [-0.15, -0.1) is 0 Å². The second-order valence-electron chi connectivity index (χ2n) is 10.5. The fraction of sp³-hybridized carbons (Fsp3) is 0.0400. The zero-order valence-electron chi connectivity index (χ0n) is 55.3. The molecule has 6 heteroatoms. The molecule has 8 aromatic carbocycles. The third-order valence-electron chi connectivity index (χ3n) is 7.32. The Kier molecular flexibility index (Phi) is 7.51. The Bertz CT molecular complexity index is 3520. The number of anilines is 6. The highest BCUT2D eigenvalue weighted by Crippen LogP contribution is 2.41. The Morgan fingerprint density at radius 3 is 1.20 bits per heavy atom. The van der Waals surface area contributed by atoms with Crippen molar-refractivity contribution in [1.82, 2.24) is 0 Å². The number of hydrogen-bond acceptors (Lipinski definition) is 4. The third kappa shape index (κ3) is 10.8. The molecular weight excluding hydrogens is 910 g/mol. The first-order chi connectivity index (χ1) is 38.4. The number of nitrogen functional groups attached to an aromatic ring is 2. The molecule has 0 bridgehead atoms. The standard InChI is InChI=1S/2C24H20N2.2CH3I/c2*25-22-16-7-8-17-23(22)26-24-20(18-10-3-1-4-11-18)14-9-15-21(24)19-12-5-2-6-13-19;2*1-2/h2*1-17,26H,25H2;2*1H3/i1D,2D,3D,4D,5D,6D,7D,8D,9D,10D,11D,12D,13D,16D,17D;1D,2D,3D,4D,5D,6D,10D,11D,12D,13D;1D;. The van der Waals surface area contributed by atoms with E-state index >= 15 is 0 Å². The van der Waals surface area contributed by atoms with Crippen molar-refractivity contribution in [2.24, 2.45) is 0 Å². The molecule has 0 aliphatic heterocycles. The average Bonchev–Trinajstić information content (AvgIpc) is 3.24. The lowest BCUT2D eigenvalue weighted by Gasteiger charge is -2.18. The SMILES string of the molecule is CI.[2H]CI.[2H]c1c([2H])c([2H])c(-c2cccc(-c3c([2H])c([2H])c([2H])c([2H])c3[2H])c2Nc2ccccc2N)c([2H])c1[2H].[2H]c1cc(-c2c([2H])c([2H])c([2H])c([2H])c2[2H])c(Nc2c([2H])c([2H])c([2H])c([2H])c2N)c(-c2c([2H])c([2H])c([2H])c([2H])c2[2H])c1. The fourth-order valence-corrected chi connectivity index (χ4v) is 4.96. The van der Waals surface area contributed by atoms with Crippen molar-refractivity contribution >= 4 is 79.3 Å². The van der Waals surface area contributed by atoms with Crippen LogP contribution in [0.2, 0.25) is 0 Å². The number of para-hydroxylation sites is 6. The molecule has 0 unspecified atom stereocenters. The molecule has 0 aromatic heterocycles. The number of nitrogens with one attached hydrogen (secondary N) is 2. The minimum absolute atomic E-state index is 0.104. The fourth-order valence-electron chi connectivity index (χ4n) is 4.96. The molecular formula is C50H46I2N4. The van der Waals surface area contributed by atoms with Crippen molar-refractivity contribution in [2.75, 3.05) is 31.9 Å². The van der Waals surface area contributed by atoms with Gasteiger partial charge in [0.2, 0.25) is 0 Å². The summed E-state index contributed by atoms with van der Waals surface area (Å²) in [6.45, 7) is 0. The number of benzene rings is 8. The lowest BCUT2D eigenvalue weighted by atomic mass is 9.95. The molecule has 0 amide bonds. The summed E-state index contributed by atoms with van der Waals surface area (Å²) in [6, 6.07) is -1.04. The molecule has 0 aliphatic carbocycles. The van der Waals surface area contributed by atoms with Gasteiger partial charge in [0.25, 0.3) is 0 Å². The van der Waals surface area contributed by atoms with Crippen LogP contribution >= 0.6 is 45.2 Å². The van der Waals surface area contributed by atoms with E-state index in [1.807, 2.05) is 27.5 Å². The van der Waals surface area contributed by atoms with Crippen LogP contribution in [0, 0.1) is 0 Å². The maximum absolute atomic E-state index is 8.49. The first kappa shape index (κ1) is 19.0. The van der Waals surface area contributed by atoms with Crippen molar-refractivity contribution in [1.29, 1.82) is 0 Å². The molecule has 0 atom stereocenters. The molecule has 0 aliphatic rings. The van der Waals surface area contributed by atoms with Crippen molar-refractivity contribution in [2.45, 2.75) is 0 Å². The second-order valence-corrected chi connectivity index (χ2v) is 10.5. The molecule has 0 fully saturated rings. The topological polar surface area (TPSA) is 76.1 Å². The largest absolute Gasteiger partial charge is 0.397 e. The van der Waals surface area contributed by atoms with Gasteiger partial charge in [-0.2, -0.15) is 0 Å². The summed E-state index contributed by atoms with van der Waals surface area (Å²) in [6.07, 6.45) is 0. The van der Waals surface area contributed by atoms with Gasteiger partial charge in [0.05, 0.1) is 68.4 Å². The lowest BCUT2D eigenvalue weighted by molar-refractivity contribution is 1.52. The van der Waals surface area contributed by atoms with E-state index in [0.29, 0.717) is 16.3 Å². The Labute approximate surface area is 395 Å². The zero-order chi connectivity index (χ0) is 62.0. The summed E-state index contributed by atoms with van der Waals surface area (Å²) in [5.41, 5.74) is 10.9. The monoisotopic (exact) mass is 982 g/mol. The first-order valence-corrected chi connectivity index (χ1v) is 19.6. The van der Waals surface area contributed by atoms with E-state index in [-0.39, 0.29) is 56.5 Å². The van der Waals surface area contributed by atoms with Gasteiger partial charge in [0.1, 0.15) is 0 Å². The predicted octanol–water partition coefficient (Wildman–Crippen LogP) is 14.8. The van der Waals surface area contributed by atoms with E-state index < -0.39 is 162 Å². The van der Waals surface area contributed by atoms with Gasteiger partial charge in [-0.1, -0.05) is 227 Å². The van der Waals surface area contributed by atoms with Crippen molar-refractivity contribution < 1.29 is 35.6 Å². The van der Waals surface area contributed by atoms with E-state index in [9.17, 15) is 0 Å². The maximum atomic E-state index is 8.49. The molecule has 0 spiro atoms. The van der Waals surface area contributed by atoms with E-state index in [1.54, 1.807) is 24.3 Å². The number of nitrogens with two attached hydrogens (primary N) is 2. The maximum Gasteiger partial charge on any atom is 0.0645 e. The normalized spacial score (nSPS) is 16.4. The number of rotatable bonds is 8. The molecule has 0 heterocycles. The van der Waals surface area contributed by atoms with Gasteiger partial charge in [0, 0.05) is 23.6 Å². The second kappa shape index (κ2) is 22.1. The quantitative estimate of drug-likeness (QED) is 0.0695. The molecule has 4 nitrogen and oxygen atoms in total. The Balaban J connectivity index is 0.000000281. The van der Waals surface area contributed by atoms with E-state index in [1.165, 1.54) is 18.2 Å². The molecule has 0 radical (unpaired) electrons. The smallest absolute Gasteiger partial charge is 0.0645 e. The molecule has 8 aromatic rings. The summed E-state index contributed by atoms with van der Waals surface area (Å²) in [5.74, 6) is 0. The third-order valence-corrected chi connectivity index (χ3v) is 7.32. The Hall–Kier alpha value is -5.58. The molecule has 280 valence electrons. The van der Waals surface area contributed by atoms with Crippen LogP contribution < -0.4 is 22.1 Å². The first-order valence-electron chi connectivity index (χ1n) is 29.2. The van der Waals surface area contributed by atoms with Gasteiger partial charge >= 0.3 is 0 Å². The van der Waals surface area contributed by atoms with Crippen LogP contribution in [0.3, 0.4) is 0 Å². The minimum atomic E-state index is -0.701. The zero-order valence-corrected chi connectivity index (χ0v) is 33.6. The molecule has 6 N–H and O–H groups in total. The van der Waals surface area contributed by atoms with Crippen LogP contribution in [-0.2, 0) is 0 Å². The van der Waals surface area contributed by atoms with Crippen LogP contribution in [0.25, 0.3) is 44.5 Å². The minimum Gasteiger partial charge on any atom is -0.397 e. The highest BCUT2D eigenvalue weighted by Gasteiger charge is 2.14. The molecule has 8 rings (SSSR count). The Morgan fingerprint density at radius 1 is 0.411 bits per heavy atom.